The first-order chi connectivity index (χ1) is 13.6. The van der Waals surface area contributed by atoms with E-state index in [0.29, 0.717) is 12.3 Å². The topological polar surface area (TPSA) is 47.4 Å². The van der Waals surface area contributed by atoms with E-state index in [-0.39, 0.29) is 12.0 Å². The van der Waals surface area contributed by atoms with E-state index in [2.05, 4.69) is 26.6 Å². The molecular weight excluding hydrogens is 374 g/mol. The van der Waals surface area contributed by atoms with Crippen molar-refractivity contribution in [1.82, 2.24) is 14.5 Å². The number of hydrogen-bond acceptors (Lipinski definition) is 4. The molecule has 1 atom stereocenters. The van der Waals surface area contributed by atoms with E-state index in [1.54, 1.807) is 0 Å². The minimum Gasteiger partial charge on any atom is -0.468 e. The lowest BCUT2D eigenvalue weighted by atomic mass is 9.88. The van der Waals surface area contributed by atoms with Gasteiger partial charge in [0.25, 0.3) is 0 Å². The lowest BCUT2D eigenvalue weighted by Crippen LogP contribution is -2.48. The fraction of sp³-hybridized carbons (Fsp3) is 0.545. The number of rotatable bonds is 5. The number of benzene rings is 1. The molecule has 4 rings (SSSR count). The summed E-state index contributed by atoms with van der Waals surface area (Å²) in [5.41, 5.74) is 3.42. The van der Waals surface area contributed by atoms with Gasteiger partial charge in [-0.1, -0.05) is 43.0 Å². The Morgan fingerprint density at radius 3 is 2.68 bits per heavy atom. The molecule has 5 nitrogen and oxygen atoms in total. The zero-order valence-electron chi connectivity index (χ0n) is 16.4. The Kier molecular flexibility index (Phi) is 6.02. The maximum Gasteiger partial charge on any atom is 0.323 e. The molecule has 0 bridgehead atoms. The predicted octanol–water partition coefficient (Wildman–Crippen LogP) is 4.06. The van der Waals surface area contributed by atoms with Gasteiger partial charge in [-0.3, -0.25) is 9.69 Å². The van der Waals surface area contributed by atoms with Crippen molar-refractivity contribution in [3.8, 4) is 0 Å². The van der Waals surface area contributed by atoms with Crippen LogP contribution in [0, 0.1) is 5.92 Å². The SMILES string of the molecule is COC(=O)[C@@H]1Cc2ncn(Cc3ccc(Cl)cc3)c2CN1CC1CCCCC1. The summed E-state index contributed by atoms with van der Waals surface area (Å²) in [5.74, 6) is 0.531. The van der Waals surface area contributed by atoms with Gasteiger partial charge in [0.1, 0.15) is 6.04 Å². The molecule has 1 aromatic carbocycles. The van der Waals surface area contributed by atoms with Gasteiger partial charge in [0, 0.05) is 31.1 Å². The second kappa shape index (κ2) is 8.66. The van der Waals surface area contributed by atoms with E-state index in [9.17, 15) is 4.79 Å². The summed E-state index contributed by atoms with van der Waals surface area (Å²) in [5, 5.41) is 0.746. The Labute approximate surface area is 171 Å². The van der Waals surface area contributed by atoms with Crippen molar-refractivity contribution in [3.05, 3.63) is 52.6 Å². The van der Waals surface area contributed by atoms with E-state index in [4.69, 9.17) is 16.3 Å². The molecule has 2 aliphatic rings. The summed E-state index contributed by atoms with van der Waals surface area (Å²) in [4.78, 5) is 19.4. The first kappa shape index (κ1) is 19.5. The molecule has 0 spiro atoms. The Balaban J connectivity index is 1.55. The monoisotopic (exact) mass is 401 g/mol. The number of carbonyl (C=O) groups is 1. The molecule has 0 saturated heterocycles. The maximum atomic E-state index is 12.4. The molecule has 0 amide bonds. The van der Waals surface area contributed by atoms with E-state index >= 15 is 0 Å². The van der Waals surface area contributed by atoms with Crippen LogP contribution < -0.4 is 0 Å². The number of methoxy groups -OCH3 is 1. The smallest absolute Gasteiger partial charge is 0.323 e. The van der Waals surface area contributed by atoms with Crippen LogP contribution in [0.3, 0.4) is 0 Å². The second-order valence-corrected chi connectivity index (χ2v) is 8.51. The van der Waals surface area contributed by atoms with Gasteiger partial charge in [-0.25, -0.2) is 4.98 Å². The molecule has 150 valence electrons. The van der Waals surface area contributed by atoms with Crippen molar-refractivity contribution in [2.45, 2.75) is 57.7 Å². The molecule has 0 N–H and O–H groups in total. The largest absolute Gasteiger partial charge is 0.468 e. The Bertz CT molecular complexity index is 812. The minimum atomic E-state index is -0.224. The number of imidazole rings is 1. The van der Waals surface area contributed by atoms with Gasteiger partial charge in [-0.15, -0.1) is 0 Å². The molecule has 1 aliphatic heterocycles. The van der Waals surface area contributed by atoms with Crippen LogP contribution in [0.1, 0.15) is 49.1 Å². The highest BCUT2D eigenvalue weighted by atomic mass is 35.5. The normalized spacial score (nSPS) is 20.7. The van der Waals surface area contributed by atoms with Crippen LogP contribution in [0.5, 0.6) is 0 Å². The van der Waals surface area contributed by atoms with Crippen LogP contribution in [0.4, 0.5) is 0 Å². The fourth-order valence-electron chi connectivity index (χ4n) is 4.60. The molecule has 2 heterocycles. The van der Waals surface area contributed by atoms with Crippen molar-refractivity contribution in [2.75, 3.05) is 13.7 Å². The highest BCUT2D eigenvalue weighted by Gasteiger charge is 2.36. The van der Waals surface area contributed by atoms with Crippen molar-refractivity contribution in [2.24, 2.45) is 5.92 Å². The number of nitrogens with zero attached hydrogens (tertiary/aromatic N) is 3. The van der Waals surface area contributed by atoms with Crippen LogP contribution in [-0.4, -0.2) is 40.1 Å². The van der Waals surface area contributed by atoms with Crippen LogP contribution in [0.25, 0.3) is 0 Å². The van der Waals surface area contributed by atoms with Gasteiger partial charge in [0.2, 0.25) is 0 Å². The van der Waals surface area contributed by atoms with Gasteiger partial charge in [-0.2, -0.15) is 0 Å². The lowest BCUT2D eigenvalue weighted by Gasteiger charge is -2.37. The van der Waals surface area contributed by atoms with Crippen molar-refractivity contribution >= 4 is 17.6 Å². The third-order valence-corrected chi connectivity index (χ3v) is 6.42. The van der Waals surface area contributed by atoms with E-state index in [1.165, 1.54) is 50.5 Å². The van der Waals surface area contributed by atoms with E-state index in [0.717, 1.165) is 30.4 Å². The average Bonchev–Trinajstić information content (AvgIpc) is 3.11. The van der Waals surface area contributed by atoms with Gasteiger partial charge < -0.3 is 9.30 Å². The Hall–Kier alpha value is -1.85. The standard InChI is InChI=1S/C22H28ClN3O2/c1-28-22(27)20-11-19-21(14-25(20)12-16-5-3-2-4-6-16)26(15-24-19)13-17-7-9-18(23)10-8-17/h7-10,15-16,20H,2-6,11-14H2,1H3/t20-/m0/s1. The summed E-state index contributed by atoms with van der Waals surface area (Å²) in [6.45, 7) is 2.48. The zero-order chi connectivity index (χ0) is 19.5. The molecule has 1 fully saturated rings. The third-order valence-electron chi connectivity index (χ3n) is 6.17. The number of hydrogen-bond donors (Lipinski definition) is 0. The van der Waals surface area contributed by atoms with Gasteiger partial charge in [0.15, 0.2) is 0 Å². The number of fused-ring (bicyclic) bond motifs is 1. The summed E-state index contributed by atoms with van der Waals surface area (Å²) < 4.78 is 7.32. The number of ether oxygens (including phenoxy) is 1. The minimum absolute atomic E-state index is 0.145. The molecule has 6 heteroatoms. The summed E-state index contributed by atoms with van der Waals surface area (Å²) in [7, 11) is 1.48. The van der Waals surface area contributed by atoms with Crippen molar-refractivity contribution in [3.63, 3.8) is 0 Å². The molecule has 28 heavy (non-hydrogen) atoms. The van der Waals surface area contributed by atoms with E-state index in [1.807, 2.05) is 18.5 Å². The molecule has 1 aliphatic carbocycles. The number of esters is 1. The fourth-order valence-corrected chi connectivity index (χ4v) is 4.73. The maximum absolute atomic E-state index is 12.4. The van der Waals surface area contributed by atoms with Crippen molar-refractivity contribution in [1.29, 1.82) is 0 Å². The van der Waals surface area contributed by atoms with Crippen LogP contribution >= 0.6 is 11.6 Å². The predicted molar refractivity (Wildman–Crippen MR) is 109 cm³/mol. The number of carbonyl (C=O) groups excluding carboxylic acids is 1. The average molecular weight is 402 g/mol. The highest BCUT2D eigenvalue weighted by Crippen LogP contribution is 2.29. The summed E-state index contributed by atoms with van der Waals surface area (Å²) in [6, 6.07) is 7.72. The first-order valence-electron chi connectivity index (χ1n) is 10.2. The summed E-state index contributed by atoms with van der Waals surface area (Å²) >= 11 is 6.01. The van der Waals surface area contributed by atoms with E-state index < -0.39 is 0 Å². The molecule has 1 aromatic heterocycles. The molecule has 2 aromatic rings. The molecular formula is C22H28ClN3O2. The van der Waals surface area contributed by atoms with Gasteiger partial charge >= 0.3 is 5.97 Å². The second-order valence-electron chi connectivity index (χ2n) is 8.07. The Morgan fingerprint density at radius 2 is 1.96 bits per heavy atom. The zero-order valence-corrected chi connectivity index (χ0v) is 17.2. The van der Waals surface area contributed by atoms with Crippen LogP contribution in [-0.2, 0) is 29.0 Å². The lowest BCUT2D eigenvalue weighted by molar-refractivity contribution is -0.148. The molecule has 0 unspecified atom stereocenters. The van der Waals surface area contributed by atoms with Crippen LogP contribution in [0.2, 0.25) is 5.02 Å². The highest BCUT2D eigenvalue weighted by molar-refractivity contribution is 6.30. The van der Waals surface area contributed by atoms with Gasteiger partial charge in [0.05, 0.1) is 24.8 Å². The quantitative estimate of drug-likeness (QED) is 0.708. The number of halogens is 1. The molecule has 0 radical (unpaired) electrons. The third kappa shape index (κ3) is 4.26. The Morgan fingerprint density at radius 1 is 1.21 bits per heavy atom. The first-order valence-corrected chi connectivity index (χ1v) is 10.6. The molecule has 1 saturated carbocycles. The number of aromatic nitrogens is 2. The van der Waals surface area contributed by atoms with Crippen LogP contribution in [0.15, 0.2) is 30.6 Å². The van der Waals surface area contributed by atoms with Gasteiger partial charge in [-0.05, 0) is 36.5 Å². The van der Waals surface area contributed by atoms with Crippen molar-refractivity contribution < 1.29 is 9.53 Å². The summed E-state index contributed by atoms with van der Waals surface area (Å²) in [6.07, 6.45) is 9.01.